The van der Waals surface area contributed by atoms with Crippen molar-refractivity contribution in [2.24, 2.45) is 0 Å². The first kappa shape index (κ1) is 28.9. The van der Waals surface area contributed by atoms with E-state index in [-0.39, 0.29) is 22.6 Å². The molecule has 1 atom stereocenters. The summed E-state index contributed by atoms with van der Waals surface area (Å²) in [4.78, 5) is 0.903. The van der Waals surface area contributed by atoms with Crippen LogP contribution in [0.1, 0.15) is 29.7 Å². The van der Waals surface area contributed by atoms with Gasteiger partial charge < -0.3 is 10.5 Å². The van der Waals surface area contributed by atoms with Gasteiger partial charge in [0.05, 0.1) is 15.7 Å². The second-order valence-electron chi connectivity index (χ2n) is 9.97. The molecular weight excluding hydrogens is 644 g/mol. The fraction of sp³-hybridized carbons (Fsp3) is 0.0938. The molecule has 11 heteroatoms. The van der Waals surface area contributed by atoms with Gasteiger partial charge in [0, 0.05) is 40.6 Å². The number of fused-ring (bicyclic) bond motifs is 1. The second-order valence-corrected chi connectivity index (χ2v) is 11.9. The minimum atomic E-state index is -0.925. The Bertz CT molecular complexity index is 1990. The maximum absolute atomic E-state index is 15.6. The van der Waals surface area contributed by atoms with E-state index in [1.54, 1.807) is 35.3 Å². The molecule has 5 nitrogen and oxygen atoms in total. The molecule has 0 aliphatic heterocycles. The standard InChI is InChI=1S/C32H23BrF4N4OS/c1-17-6-9-20(10-7-17)43-40-13-12-22-27(40)15-25(35)32(31(22)37)42-19-8-11-24(34)28(14-19)41-29(38)16-26(39-41)18(2)21-4-3-5-23(33)30(21)36/h3-16,18H,38H2,1-2H3. The molecule has 2 heterocycles. The summed E-state index contributed by atoms with van der Waals surface area (Å²) in [5.74, 6) is -4.04. The van der Waals surface area contributed by atoms with Crippen LogP contribution in [-0.2, 0) is 0 Å². The van der Waals surface area contributed by atoms with Crippen molar-refractivity contribution in [1.29, 1.82) is 0 Å². The van der Waals surface area contributed by atoms with Gasteiger partial charge in [-0.3, -0.25) is 3.97 Å². The van der Waals surface area contributed by atoms with Crippen molar-refractivity contribution in [1.82, 2.24) is 13.8 Å². The number of anilines is 1. The van der Waals surface area contributed by atoms with Gasteiger partial charge in [0.25, 0.3) is 0 Å². The number of benzene rings is 4. The quantitative estimate of drug-likeness (QED) is 0.172. The van der Waals surface area contributed by atoms with Gasteiger partial charge in [-0.05, 0) is 76.8 Å². The lowest BCUT2D eigenvalue weighted by Crippen LogP contribution is -2.06. The average Bonchev–Trinajstić information content (AvgIpc) is 3.57. The van der Waals surface area contributed by atoms with Crippen molar-refractivity contribution >= 4 is 44.6 Å². The molecule has 0 saturated carbocycles. The molecule has 218 valence electrons. The Morgan fingerprint density at radius 3 is 2.44 bits per heavy atom. The van der Waals surface area contributed by atoms with Crippen molar-refractivity contribution in [2.45, 2.75) is 24.7 Å². The fourth-order valence-electron chi connectivity index (χ4n) is 4.72. The van der Waals surface area contributed by atoms with E-state index in [2.05, 4.69) is 21.0 Å². The maximum atomic E-state index is 15.6. The van der Waals surface area contributed by atoms with E-state index in [0.717, 1.165) is 21.2 Å². The fourth-order valence-corrected chi connectivity index (χ4v) is 5.96. The third kappa shape index (κ3) is 5.50. The largest absolute Gasteiger partial charge is 0.451 e. The van der Waals surface area contributed by atoms with Crippen LogP contribution in [0.25, 0.3) is 16.6 Å². The van der Waals surface area contributed by atoms with Crippen LogP contribution in [0.5, 0.6) is 11.5 Å². The molecular formula is C32H23BrF4N4OS. The zero-order valence-electron chi connectivity index (χ0n) is 22.8. The highest BCUT2D eigenvalue weighted by Crippen LogP contribution is 2.37. The number of rotatable bonds is 7. The molecule has 0 aliphatic rings. The van der Waals surface area contributed by atoms with Crippen LogP contribution < -0.4 is 10.5 Å². The van der Waals surface area contributed by atoms with Crippen molar-refractivity contribution in [3.8, 4) is 17.2 Å². The Morgan fingerprint density at radius 1 is 0.907 bits per heavy atom. The zero-order chi connectivity index (χ0) is 30.4. The molecule has 1 unspecified atom stereocenters. The first-order valence-corrected chi connectivity index (χ1v) is 14.7. The van der Waals surface area contributed by atoms with Crippen LogP contribution in [0.4, 0.5) is 23.4 Å². The minimum absolute atomic E-state index is 0.0375. The van der Waals surface area contributed by atoms with Gasteiger partial charge in [0.15, 0.2) is 17.4 Å². The Labute approximate surface area is 257 Å². The summed E-state index contributed by atoms with van der Waals surface area (Å²) in [5, 5.41) is 4.58. The SMILES string of the molecule is Cc1ccc(Sn2ccc3c(F)c(Oc4ccc(F)c(-n5nc(C(C)c6cccc(Br)c6F)cc5N)c4)c(F)cc32)cc1. The van der Waals surface area contributed by atoms with Crippen LogP contribution in [-0.4, -0.2) is 13.8 Å². The van der Waals surface area contributed by atoms with Gasteiger partial charge >= 0.3 is 0 Å². The maximum Gasteiger partial charge on any atom is 0.199 e. The number of halogens is 5. The number of aromatic nitrogens is 3. The number of nitrogens with two attached hydrogens (primary N) is 1. The molecule has 2 N–H and O–H groups in total. The smallest absolute Gasteiger partial charge is 0.199 e. The number of ether oxygens (including phenoxy) is 1. The van der Waals surface area contributed by atoms with Crippen LogP contribution in [0.2, 0.25) is 0 Å². The number of hydrogen-bond acceptors (Lipinski definition) is 4. The number of nitrogens with zero attached hydrogens (tertiary/aromatic N) is 3. The van der Waals surface area contributed by atoms with Crippen LogP contribution in [0.3, 0.4) is 0 Å². The van der Waals surface area contributed by atoms with Crippen molar-refractivity contribution in [3.05, 3.63) is 130 Å². The monoisotopic (exact) mass is 666 g/mol. The topological polar surface area (TPSA) is 58.0 Å². The Kier molecular flexibility index (Phi) is 7.70. The number of nitrogen functional groups attached to an aromatic ring is 1. The van der Waals surface area contributed by atoms with Gasteiger partial charge in [-0.25, -0.2) is 22.2 Å². The average molecular weight is 668 g/mol. The summed E-state index contributed by atoms with van der Waals surface area (Å²) in [7, 11) is 0. The van der Waals surface area contributed by atoms with Crippen LogP contribution in [0, 0.1) is 30.2 Å². The molecule has 0 bridgehead atoms. The molecule has 6 rings (SSSR count). The van der Waals surface area contributed by atoms with Crippen LogP contribution in [0.15, 0.2) is 94.4 Å². The normalized spacial score (nSPS) is 12.2. The third-order valence-electron chi connectivity index (χ3n) is 7.04. The Balaban J connectivity index is 1.31. The van der Waals surface area contributed by atoms with E-state index in [1.807, 2.05) is 31.2 Å². The van der Waals surface area contributed by atoms with Gasteiger partial charge in [0.1, 0.15) is 28.9 Å². The van der Waals surface area contributed by atoms with E-state index >= 15 is 13.2 Å². The Morgan fingerprint density at radius 2 is 1.67 bits per heavy atom. The third-order valence-corrected chi connectivity index (χ3v) is 8.65. The summed E-state index contributed by atoms with van der Waals surface area (Å²) < 4.78 is 69.3. The van der Waals surface area contributed by atoms with E-state index in [0.29, 0.717) is 21.2 Å². The molecule has 0 amide bonds. The molecule has 0 saturated heterocycles. The summed E-state index contributed by atoms with van der Waals surface area (Å²) in [5.41, 5.74) is 8.28. The summed E-state index contributed by atoms with van der Waals surface area (Å²) >= 11 is 4.51. The number of aryl methyl sites for hydroxylation is 1. The molecule has 0 radical (unpaired) electrons. The van der Waals surface area contributed by atoms with E-state index < -0.39 is 34.9 Å². The second kappa shape index (κ2) is 11.5. The highest BCUT2D eigenvalue weighted by molar-refractivity contribution is 9.10. The number of hydrogen-bond donors (Lipinski definition) is 1. The molecule has 0 spiro atoms. The first-order valence-electron chi connectivity index (χ1n) is 13.1. The molecule has 2 aromatic heterocycles. The summed E-state index contributed by atoms with van der Waals surface area (Å²) in [6.45, 7) is 3.73. The van der Waals surface area contributed by atoms with Crippen molar-refractivity contribution in [3.63, 3.8) is 0 Å². The van der Waals surface area contributed by atoms with Gasteiger partial charge in [-0.15, -0.1) is 0 Å². The first-order chi connectivity index (χ1) is 20.6. The van der Waals surface area contributed by atoms with Crippen LogP contribution >= 0.6 is 27.9 Å². The lowest BCUT2D eigenvalue weighted by atomic mass is 9.97. The lowest BCUT2D eigenvalue weighted by Gasteiger charge is -2.13. The van der Waals surface area contributed by atoms with E-state index in [4.69, 9.17) is 10.5 Å². The predicted octanol–water partition coefficient (Wildman–Crippen LogP) is 9.54. The van der Waals surface area contributed by atoms with Crippen molar-refractivity contribution in [2.75, 3.05) is 5.73 Å². The van der Waals surface area contributed by atoms with Crippen molar-refractivity contribution < 1.29 is 22.3 Å². The minimum Gasteiger partial charge on any atom is -0.451 e. The lowest BCUT2D eigenvalue weighted by molar-refractivity contribution is 0.410. The summed E-state index contributed by atoms with van der Waals surface area (Å²) in [6, 6.07) is 20.5. The Hall–Kier alpha value is -4.22. The van der Waals surface area contributed by atoms with Gasteiger partial charge in [0.2, 0.25) is 0 Å². The zero-order valence-corrected chi connectivity index (χ0v) is 25.2. The van der Waals surface area contributed by atoms with E-state index in [9.17, 15) is 4.39 Å². The molecule has 43 heavy (non-hydrogen) atoms. The van der Waals surface area contributed by atoms with E-state index in [1.165, 1.54) is 42.3 Å². The van der Waals surface area contributed by atoms with Gasteiger partial charge in [-0.1, -0.05) is 36.8 Å². The highest BCUT2D eigenvalue weighted by atomic mass is 79.9. The molecule has 0 aliphatic carbocycles. The molecule has 4 aromatic carbocycles. The summed E-state index contributed by atoms with van der Waals surface area (Å²) in [6.07, 6.45) is 1.65. The molecule has 6 aromatic rings. The molecule has 0 fully saturated rings. The highest BCUT2D eigenvalue weighted by Gasteiger charge is 2.22. The van der Waals surface area contributed by atoms with Gasteiger partial charge in [-0.2, -0.15) is 5.10 Å². The predicted molar refractivity (Wildman–Crippen MR) is 164 cm³/mol.